The number of sulfonamides is 1. The van der Waals surface area contributed by atoms with Crippen LogP contribution in [0.3, 0.4) is 0 Å². The lowest BCUT2D eigenvalue weighted by molar-refractivity contribution is 0.346. The molecule has 1 aliphatic heterocycles. The Balaban J connectivity index is 2.50. The number of aryl methyl sites for hydroxylation is 2. The van der Waals surface area contributed by atoms with Crippen LogP contribution in [-0.4, -0.2) is 25.8 Å². The van der Waals surface area contributed by atoms with Crippen molar-refractivity contribution in [2.75, 3.05) is 13.1 Å². The Morgan fingerprint density at radius 2 is 1.61 bits per heavy atom. The first-order valence-electron chi connectivity index (χ1n) is 6.20. The number of piperidine rings is 1. The molecule has 0 aromatic heterocycles. The van der Waals surface area contributed by atoms with E-state index >= 15 is 0 Å². The molecule has 1 aromatic carbocycles. The van der Waals surface area contributed by atoms with Crippen molar-refractivity contribution in [3.05, 3.63) is 28.3 Å². The molecule has 1 aliphatic rings. The van der Waals surface area contributed by atoms with Gasteiger partial charge in [0, 0.05) is 13.1 Å². The summed E-state index contributed by atoms with van der Waals surface area (Å²) in [6, 6.07) is 3.67. The average Bonchev–Trinajstić information content (AvgIpc) is 2.35. The normalized spacial score (nSPS) is 17.9. The van der Waals surface area contributed by atoms with E-state index in [9.17, 15) is 8.42 Å². The zero-order chi connectivity index (χ0) is 13.3. The van der Waals surface area contributed by atoms with Crippen molar-refractivity contribution >= 4 is 21.6 Å². The Kier molecular flexibility index (Phi) is 3.99. The van der Waals surface area contributed by atoms with Gasteiger partial charge in [-0.1, -0.05) is 30.2 Å². The van der Waals surface area contributed by atoms with E-state index in [1.807, 2.05) is 19.1 Å². The second kappa shape index (κ2) is 5.19. The molecule has 0 aliphatic carbocycles. The molecule has 2 rings (SSSR count). The van der Waals surface area contributed by atoms with Gasteiger partial charge in [-0.05, 0) is 37.8 Å². The van der Waals surface area contributed by atoms with E-state index in [-0.39, 0.29) is 4.90 Å². The van der Waals surface area contributed by atoms with Gasteiger partial charge in [0.25, 0.3) is 0 Å². The van der Waals surface area contributed by atoms with Crippen LogP contribution in [0.4, 0.5) is 0 Å². The van der Waals surface area contributed by atoms with Gasteiger partial charge >= 0.3 is 0 Å². The van der Waals surface area contributed by atoms with Crippen LogP contribution in [0.1, 0.15) is 30.4 Å². The fourth-order valence-electron chi connectivity index (χ4n) is 2.30. The lowest BCUT2D eigenvalue weighted by Crippen LogP contribution is -2.36. The van der Waals surface area contributed by atoms with Crippen LogP contribution < -0.4 is 0 Å². The smallest absolute Gasteiger partial charge is 0.207 e. The summed E-state index contributed by atoms with van der Waals surface area (Å²) in [6.45, 7) is 4.83. The van der Waals surface area contributed by atoms with E-state index in [4.69, 9.17) is 11.6 Å². The number of rotatable bonds is 2. The summed E-state index contributed by atoms with van der Waals surface area (Å²) in [6.07, 6.45) is 2.97. The van der Waals surface area contributed by atoms with E-state index in [0.29, 0.717) is 18.1 Å². The Hall–Kier alpha value is -0.580. The quantitative estimate of drug-likeness (QED) is 0.838. The highest BCUT2D eigenvalue weighted by Gasteiger charge is 2.29. The lowest BCUT2D eigenvalue weighted by Gasteiger charge is -2.27. The first-order valence-corrected chi connectivity index (χ1v) is 8.02. The SMILES string of the molecule is Cc1ccc(C)c(S(=O)(=O)N2CCCCC2)c1Cl. The molecule has 5 heteroatoms. The maximum Gasteiger partial charge on any atom is 0.244 e. The van der Waals surface area contributed by atoms with Crippen molar-refractivity contribution < 1.29 is 8.42 Å². The molecule has 100 valence electrons. The average molecular weight is 288 g/mol. The molecule has 1 saturated heterocycles. The third-order valence-corrected chi connectivity index (χ3v) is 6.09. The third-order valence-electron chi connectivity index (χ3n) is 3.40. The van der Waals surface area contributed by atoms with Crippen LogP contribution >= 0.6 is 11.6 Å². The Labute approximate surface area is 114 Å². The molecule has 0 spiro atoms. The summed E-state index contributed by atoms with van der Waals surface area (Å²) in [5, 5.41) is 0.362. The highest BCUT2D eigenvalue weighted by molar-refractivity contribution is 7.89. The first kappa shape index (κ1) is 13.8. The Bertz CT molecular complexity index is 548. The van der Waals surface area contributed by atoms with Gasteiger partial charge < -0.3 is 0 Å². The van der Waals surface area contributed by atoms with Crippen LogP contribution in [0.15, 0.2) is 17.0 Å². The number of benzene rings is 1. The number of hydrogen-bond acceptors (Lipinski definition) is 2. The fourth-order valence-corrected chi connectivity index (χ4v) is 4.67. The second-order valence-corrected chi connectivity index (χ2v) is 7.06. The summed E-state index contributed by atoms with van der Waals surface area (Å²) in [7, 11) is -3.44. The van der Waals surface area contributed by atoms with Gasteiger partial charge in [-0.25, -0.2) is 8.42 Å². The monoisotopic (exact) mass is 287 g/mol. The van der Waals surface area contributed by atoms with Crippen molar-refractivity contribution in [3.63, 3.8) is 0 Å². The molecular formula is C13H18ClNO2S. The summed E-state index contributed by atoms with van der Waals surface area (Å²) < 4.78 is 26.8. The van der Waals surface area contributed by atoms with Gasteiger partial charge in [0.05, 0.1) is 5.02 Å². The summed E-state index contributed by atoms with van der Waals surface area (Å²) >= 11 is 6.20. The standard InChI is InChI=1S/C13H18ClNO2S/c1-10-6-7-11(2)13(12(10)14)18(16,17)15-8-4-3-5-9-15/h6-7H,3-5,8-9H2,1-2H3. The number of halogens is 1. The van der Waals surface area contributed by atoms with Crippen LogP contribution in [0, 0.1) is 13.8 Å². The fraction of sp³-hybridized carbons (Fsp3) is 0.538. The number of hydrogen-bond donors (Lipinski definition) is 0. The summed E-state index contributed by atoms with van der Waals surface area (Å²) in [5.41, 5.74) is 1.52. The lowest BCUT2D eigenvalue weighted by atomic mass is 10.2. The van der Waals surface area contributed by atoms with Crippen LogP contribution in [-0.2, 0) is 10.0 Å². The Morgan fingerprint density at radius 3 is 2.22 bits per heavy atom. The van der Waals surface area contributed by atoms with E-state index in [2.05, 4.69) is 0 Å². The molecule has 0 bridgehead atoms. The van der Waals surface area contributed by atoms with Crippen molar-refractivity contribution in [1.82, 2.24) is 4.31 Å². The highest BCUT2D eigenvalue weighted by Crippen LogP contribution is 2.31. The predicted molar refractivity (Wildman–Crippen MR) is 73.5 cm³/mol. The minimum absolute atomic E-state index is 0.283. The van der Waals surface area contributed by atoms with Gasteiger partial charge in [0.15, 0.2) is 0 Å². The molecule has 0 radical (unpaired) electrons. The molecule has 0 unspecified atom stereocenters. The number of nitrogens with zero attached hydrogens (tertiary/aromatic N) is 1. The van der Waals surface area contributed by atoms with E-state index in [1.54, 1.807) is 11.2 Å². The summed E-state index contributed by atoms with van der Waals surface area (Å²) in [4.78, 5) is 0.283. The van der Waals surface area contributed by atoms with Gasteiger partial charge in [-0.2, -0.15) is 4.31 Å². The minimum atomic E-state index is -3.44. The maximum absolute atomic E-state index is 12.6. The largest absolute Gasteiger partial charge is 0.244 e. The van der Waals surface area contributed by atoms with Crippen molar-refractivity contribution in [3.8, 4) is 0 Å². The van der Waals surface area contributed by atoms with Gasteiger partial charge in [0.1, 0.15) is 4.90 Å². The molecule has 3 nitrogen and oxygen atoms in total. The molecule has 1 aromatic rings. The predicted octanol–water partition coefficient (Wildman–Crippen LogP) is 3.13. The topological polar surface area (TPSA) is 37.4 Å². The van der Waals surface area contributed by atoms with Crippen LogP contribution in [0.5, 0.6) is 0 Å². The zero-order valence-corrected chi connectivity index (χ0v) is 12.3. The molecule has 0 saturated carbocycles. The van der Waals surface area contributed by atoms with Crippen LogP contribution in [0.2, 0.25) is 5.02 Å². The minimum Gasteiger partial charge on any atom is -0.207 e. The second-order valence-electron chi connectivity index (χ2n) is 4.81. The van der Waals surface area contributed by atoms with E-state index in [0.717, 1.165) is 30.4 Å². The van der Waals surface area contributed by atoms with Crippen molar-refractivity contribution in [2.24, 2.45) is 0 Å². The van der Waals surface area contributed by atoms with E-state index < -0.39 is 10.0 Å². The molecule has 1 heterocycles. The van der Waals surface area contributed by atoms with Gasteiger partial charge in [-0.3, -0.25) is 0 Å². The van der Waals surface area contributed by atoms with E-state index in [1.165, 1.54) is 0 Å². The zero-order valence-electron chi connectivity index (χ0n) is 10.7. The molecule has 1 fully saturated rings. The first-order chi connectivity index (χ1) is 8.44. The maximum atomic E-state index is 12.6. The summed E-state index contributed by atoms with van der Waals surface area (Å²) in [5.74, 6) is 0. The molecule has 18 heavy (non-hydrogen) atoms. The van der Waals surface area contributed by atoms with Gasteiger partial charge in [0.2, 0.25) is 10.0 Å². The molecular weight excluding hydrogens is 270 g/mol. The molecule has 0 N–H and O–H groups in total. The molecule has 0 atom stereocenters. The van der Waals surface area contributed by atoms with Crippen molar-refractivity contribution in [2.45, 2.75) is 38.0 Å². The highest BCUT2D eigenvalue weighted by atomic mass is 35.5. The third kappa shape index (κ3) is 2.42. The van der Waals surface area contributed by atoms with Crippen LogP contribution in [0.25, 0.3) is 0 Å². The van der Waals surface area contributed by atoms with Gasteiger partial charge in [-0.15, -0.1) is 0 Å². The van der Waals surface area contributed by atoms with Crippen molar-refractivity contribution in [1.29, 1.82) is 0 Å². The Morgan fingerprint density at radius 1 is 1.06 bits per heavy atom. The molecule has 0 amide bonds.